The molecule has 98 valence electrons. The Morgan fingerprint density at radius 1 is 1.28 bits per heavy atom. The number of benzene rings is 1. The molecule has 0 heterocycles. The van der Waals surface area contributed by atoms with Gasteiger partial charge in [0.15, 0.2) is 6.10 Å². The Hall–Kier alpha value is -2.08. The molecule has 0 radical (unpaired) electrons. The minimum atomic E-state index is -0.716. The van der Waals surface area contributed by atoms with Crippen LogP contribution in [-0.4, -0.2) is 17.9 Å². The predicted molar refractivity (Wildman–Crippen MR) is 66.9 cm³/mol. The van der Waals surface area contributed by atoms with E-state index in [2.05, 4.69) is 0 Å². The lowest BCUT2D eigenvalue weighted by molar-refractivity contribution is -0.127. The van der Waals surface area contributed by atoms with Crippen LogP contribution in [0.25, 0.3) is 0 Å². The lowest BCUT2D eigenvalue weighted by Gasteiger charge is -2.17. The van der Waals surface area contributed by atoms with E-state index >= 15 is 0 Å². The second-order valence-corrected chi connectivity index (χ2v) is 4.07. The molecule has 0 bridgehead atoms. The molecule has 1 rings (SSSR count). The van der Waals surface area contributed by atoms with Crippen LogP contribution in [0.4, 0.5) is 0 Å². The van der Waals surface area contributed by atoms with Crippen LogP contribution in [0.2, 0.25) is 0 Å². The third-order valence-electron chi connectivity index (χ3n) is 2.55. The second kappa shape index (κ2) is 5.50. The topological polar surface area (TPSA) is 107 Å². The molecule has 0 fully saturated rings. The molecule has 0 aliphatic carbocycles. The molecule has 1 atom stereocenters. The van der Waals surface area contributed by atoms with E-state index in [1.807, 2.05) is 5.43 Å². The van der Waals surface area contributed by atoms with Crippen LogP contribution in [0.15, 0.2) is 12.1 Å². The fourth-order valence-corrected chi connectivity index (χ4v) is 1.63. The van der Waals surface area contributed by atoms with Crippen molar-refractivity contribution in [1.82, 2.24) is 5.43 Å². The molecule has 6 heteroatoms. The molecule has 1 aromatic carbocycles. The normalized spacial score (nSPS) is 11.8. The molecule has 1 aromatic rings. The number of aryl methyl sites for hydroxylation is 2. The molecule has 6 nitrogen and oxygen atoms in total. The van der Waals surface area contributed by atoms with Gasteiger partial charge in [0, 0.05) is 5.56 Å². The largest absolute Gasteiger partial charge is 0.480 e. The maximum absolute atomic E-state index is 11.3. The maximum atomic E-state index is 11.3. The van der Waals surface area contributed by atoms with Gasteiger partial charge in [0.05, 0.1) is 0 Å². The zero-order valence-electron chi connectivity index (χ0n) is 10.6. The van der Waals surface area contributed by atoms with Crippen molar-refractivity contribution in [3.63, 3.8) is 0 Å². The summed E-state index contributed by atoms with van der Waals surface area (Å²) in [6.45, 7) is 5.15. The number of carbonyl (C=O) groups excluding carboxylic acids is 2. The highest BCUT2D eigenvalue weighted by molar-refractivity contribution is 5.93. The Bertz CT molecular complexity index is 462. The first-order valence-electron chi connectivity index (χ1n) is 5.45. The predicted octanol–water partition coefficient (Wildman–Crippen LogP) is 0.160. The lowest BCUT2D eigenvalue weighted by atomic mass is 10.1. The maximum Gasteiger partial charge on any atom is 0.274 e. The van der Waals surface area contributed by atoms with Crippen molar-refractivity contribution in [2.75, 3.05) is 0 Å². The molecule has 0 saturated carbocycles. The van der Waals surface area contributed by atoms with Crippen LogP contribution >= 0.6 is 0 Å². The van der Waals surface area contributed by atoms with E-state index in [0.29, 0.717) is 11.3 Å². The number of carbonyl (C=O) groups is 2. The van der Waals surface area contributed by atoms with Crippen molar-refractivity contribution < 1.29 is 14.3 Å². The lowest BCUT2D eigenvalue weighted by Crippen LogP contribution is -2.40. The standard InChI is InChI=1S/C12H17N3O3/c1-6-4-9(11(13)16)5-7(2)10(6)18-8(3)12(17)15-14/h4-5,8H,14H2,1-3H3,(H2,13,16)(H,15,17). The SMILES string of the molecule is Cc1cc(C(N)=O)cc(C)c1OC(C)C(=O)NN. The number of rotatable bonds is 4. The Labute approximate surface area is 105 Å². The van der Waals surface area contributed by atoms with Crippen molar-refractivity contribution in [2.24, 2.45) is 11.6 Å². The van der Waals surface area contributed by atoms with Gasteiger partial charge in [0.25, 0.3) is 5.91 Å². The van der Waals surface area contributed by atoms with Gasteiger partial charge in [-0.3, -0.25) is 15.0 Å². The van der Waals surface area contributed by atoms with Crippen molar-refractivity contribution in [3.8, 4) is 5.75 Å². The molecule has 0 spiro atoms. The van der Waals surface area contributed by atoms with Crippen LogP contribution in [0.1, 0.15) is 28.4 Å². The molecule has 5 N–H and O–H groups in total. The molecule has 0 saturated heterocycles. The fourth-order valence-electron chi connectivity index (χ4n) is 1.63. The minimum Gasteiger partial charge on any atom is -0.480 e. The Kier molecular flexibility index (Phi) is 4.28. The number of nitrogens with two attached hydrogens (primary N) is 2. The Morgan fingerprint density at radius 2 is 1.78 bits per heavy atom. The monoisotopic (exact) mass is 251 g/mol. The van der Waals surface area contributed by atoms with Crippen LogP contribution in [0, 0.1) is 13.8 Å². The highest BCUT2D eigenvalue weighted by Crippen LogP contribution is 2.25. The summed E-state index contributed by atoms with van der Waals surface area (Å²) >= 11 is 0. The van der Waals surface area contributed by atoms with E-state index in [1.165, 1.54) is 0 Å². The van der Waals surface area contributed by atoms with E-state index in [0.717, 1.165) is 11.1 Å². The van der Waals surface area contributed by atoms with Crippen molar-refractivity contribution in [1.29, 1.82) is 0 Å². The summed E-state index contributed by atoms with van der Waals surface area (Å²) in [5.41, 5.74) is 9.11. The van der Waals surface area contributed by atoms with Crippen LogP contribution in [0.3, 0.4) is 0 Å². The summed E-state index contributed by atoms with van der Waals surface area (Å²) in [6.07, 6.45) is -0.716. The molecular formula is C12H17N3O3. The van der Waals surface area contributed by atoms with Gasteiger partial charge in [0.2, 0.25) is 5.91 Å². The number of hydrogen-bond acceptors (Lipinski definition) is 4. The van der Waals surface area contributed by atoms with Gasteiger partial charge < -0.3 is 10.5 Å². The second-order valence-electron chi connectivity index (χ2n) is 4.07. The summed E-state index contributed by atoms with van der Waals surface area (Å²) in [5.74, 6) is 4.65. The molecule has 0 aromatic heterocycles. The number of ether oxygens (including phenoxy) is 1. The molecule has 2 amide bonds. The van der Waals surface area contributed by atoms with Gasteiger partial charge in [-0.15, -0.1) is 0 Å². The van der Waals surface area contributed by atoms with E-state index in [1.54, 1.807) is 32.9 Å². The summed E-state index contributed by atoms with van der Waals surface area (Å²) in [5, 5.41) is 0. The first-order chi connectivity index (χ1) is 8.36. The van der Waals surface area contributed by atoms with E-state index < -0.39 is 17.9 Å². The zero-order valence-corrected chi connectivity index (χ0v) is 10.6. The van der Waals surface area contributed by atoms with E-state index in [9.17, 15) is 9.59 Å². The number of hydrogen-bond donors (Lipinski definition) is 3. The highest BCUT2D eigenvalue weighted by atomic mass is 16.5. The quantitative estimate of drug-likeness (QED) is 0.402. The summed E-state index contributed by atoms with van der Waals surface area (Å²) in [6, 6.07) is 3.25. The van der Waals surface area contributed by atoms with Gasteiger partial charge in [-0.1, -0.05) is 0 Å². The smallest absolute Gasteiger partial charge is 0.274 e. The third kappa shape index (κ3) is 2.98. The number of hydrazine groups is 1. The van der Waals surface area contributed by atoms with Gasteiger partial charge >= 0.3 is 0 Å². The first-order valence-corrected chi connectivity index (χ1v) is 5.45. The first kappa shape index (κ1) is 14.0. The molecule has 1 unspecified atom stereocenters. The Balaban J connectivity index is 3.04. The van der Waals surface area contributed by atoms with Crippen molar-refractivity contribution in [2.45, 2.75) is 26.9 Å². The third-order valence-corrected chi connectivity index (χ3v) is 2.55. The summed E-state index contributed by atoms with van der Waals surface area (Å²) in [7, 11) is 0. The molecule has 0 aliphatic rings. The number of nitrogens with one attached hydrogen (secondary N) is 1. The summed E-state index contributed by atoms with van der Waals surface area (Å²) < 4.78 is 5.52. The average Bonchev–Trinajstić information content (AvgIpc) is 2.31. The van der Waals surface area contributed by atoms with Crippen LogP contribution < -0.4 is 21.7 Å². The number of primary amides is 1. The van der Waals surface area contributed by atoms with Crippen molar-refractivity contribution >= 4 is 11.8 Å². The molecule has 18 heavy (non-hydrogen) atoms. The van der Waals surface area contributed by atoms with Gasteiger partial charge in [-0.25, -0.2) is 5.84 Å². The van der Waals surface area contributed by atoms with Crippen LogP contribution in [0.5, 0.6) is 5.75 Å². The average molecular weight is 251 g/mol. The van der Waals surface area contributed by atoms with Gasteiger partial charge in [0.1, 0.15) is 5.75 Å². The van der Waals surface area contributed by atoms with E-state index in [4.69, 9.17) is 16.3 Å². The zero-order chi connectivity index (χ0) is 13.9. The molecular weight excluding hydrogens is 234 g/mol. The van der Waals surface area contributed by atoms with Gasteiger partial charge in [-0.05, 0) is 44.0 Å². The van der Waals surface area contributed by atoms with Crippen molar-refractivity contribution in [3.05, 3.63) is 28.8 Å². The molecule has 0 aliphatic heterocycles. The minimum absolute atomic E-state index is 0.410. The summed E-state index contributed by atoms with van der Waals surface area (Å²) in [4.78, 5) is 22.4. The fraction of sp³-hybridized carbons (Fsp3) is 0.333. The Morgan fingerprint density at radius 3 is 2.17 bits per heavy atom. The van der Waals surface area contributed by atoms with Crippen LogP contribution in [-0.2, 0) is 4.79 Å². The highest BCUT2D eigenvalue weighted by Gasteiger charge is 2.16. The van der Waals surface area contributed by atoms with Gasteiger partial charge in [-0.2, -0.15) is 0 Å². The van der Waals surface area contributed by atoms with E-state index in [-0.39, 0.29) is 0 Å². The number of amides is 2.